The third kappa shape index (κ3) is 11.0. The Morgan fingerprint density at radius 1 is 0.657 bits per heavy atom. The molecule has 2 aromatic rings. The molecule has 1 saturated heterocycles. The standard InChI is InChI=1S/C12H13FN2OS.C8H5F2NOS.C5H10/c1-2-11-5-7-12(8-6-11)14-17(13,16)15-9-3-4-10-15;1-2-7-3-5-8(6-4-7)11-13(9,10)12;1-2-4-5-3-1/h1,5-8H,3-4,9-10H2;1,3-6H;1-5H2. The lowest BCUT2D eigenvalue weighted by atomic mass is 10.2. The highest BCUT2D eigenvalue weighted by molar-refractivity contribution is 7.86. The summed E-state index contributed by atoms with van der Waals surface area (Å²) in [6, 6.07) is 11.9. The molecule has 188 valence electrons. The van der Waals surface area contributed by atoms with Crippen molar-refractivity contribution in [2.45, 2.75) is 44.9 Å². The normalized spacial score (nSPS) is 16.8. The number of nitrogens with zero attached hydrogens (tertiary/aromatic N) is 3. The molecule has 0 radical (unpaired) electrons. The first-order valence-corrected chi connectivity index (χ1v) is 13.8. The van der Waals surface area contributed by atoms with Crippen molar-refractivity contribution in [1.29, 1.82) is 0 Å². The maximum Gasteiger partial charge on any atom is 0.371 e. The van der Waals surface area contributed by atoms with Crippen LogP contribution in [0.2, 0.25) is 0 Å². The maximum absolute atomic E-state index is 13.9. The summed E-state index contributed by atoms with van der Waals surface area (Å²) in [7, 11) is -8.85. The van der Waals surface area contributed by atoms with Crippen molar-refractivity contribution in [2.24, 2.45) is 8.73 Å². The highest BCUT2D eigenvalue weighted by atomic mass is 32.3. The van der Waals surface area contributed by atoms with Gasteiger partial charge in [-0.05, 0) is 61.4 Å². The predicted molar refractivity (Wildman–Crippen MR) is 136 cm³/mol. The Morgan fingerprint density at radius 3 is 1.37 bits per heavy atom. The zero-order valence-electron chi connectivity index (χ0n) is 19.2. The van der Waals surface area contributed by atoms with Crippen LogP contribution in [0.25, 0.3) is 0 Å². The number of terminal acetylenes is 2. The van der Waals surface area contributed by atoms with Gasteiger partial charge in [0.25, 0.3) is 10.3 Å². The van der Waals surface area contributed by atoms with Crippen molar-refractivity contribution in [2.75, 3.05) is 13.1 Å². The van der Waals surface area contributed by atoms with Gasteiger partial charge >= 0.3 is 10.5 Å². The van der Waals surface area contributed by atoms with Crippen molar-refractivity contribution in [3.05, 3.63) is 59.7 Å². The summed E-state index contributed by atoms with van der Waals surface area (Å²) in [6.07, 6.45) is 19.5. The van der Waals surface area contributed by atoms with E-state index in [0.29, 0.717) is 29.9 Å². The lowest BCUT2D eigenvalue weighted by molar-refractivity contribution is 0.492. The minimum absolute atomic E-state index is 0.0472. The Balaban J connectivity index is 0.000000211. The van der Waals surface area contributed by atoms with Gasteiger partial charge < -0.3 is 0 Å². The molecular formula is C25H28F3N3O2S2. The summed E-state index contributed by atoms with van der Waals surface area (Å²) in [5.41, 5.74) is 1.55. The van der Waals surface area contributed by atoms with E-state index < -0.39 is 20.8 Å². The Hall–Kier alpha value is -2.79. The van der Waals surface area contributed by atoms with Gasteiger partial charge in [0.1, 0.15) is 0 Å². The van der Waals surface area contributed by atoms with Gasteiger partial charge in [0.2, 0.25) is 0 Å². The minimum atomic E-state index is -5.07. The third-order valence-corrected chi connectivity index (χ3v) is 6.99. The van der Waals surface area contributed by atoms with Gasteiger partial charge in [-0.25, -0.2) is 0 Å². The van der Waals surface area contributed by atoms with E-state index in [4.69, 9.17) is 12.8 Å². The van der Waals surface area contributed by atoms with E-state index in [-0.39, 0.29) is 5.69 Å². The molecule has 1 saturated carbocycles. The van der Waals surface area contributed by atoms with Crippen LogP contribution in [-0.4, -0.2) is 25.8 Å². The fraction of sp³-hybridized carbons (Fsp3) is 0.360. The Morgan fingerprint density at radius 2 is 1.03 bits per heavy atom. The second-order valence-corrected chi connectivity index (χ2v) is 10.3. The second-order valence-electron chi connectivity index (χ2n) is 7.80. The van der Waals surface area contributed by atoms with E-state index in [1.54, 1.807) is 24.3 Å². The first-order valence-electron chi connectivity index (χ1n) is 11.1. The van der Waals surface area contributed by atoms with Crippen molar-refractivity contribution in [1.82, 2.24) is 4.31 Å². The molecule has 1 atom stereocenters. The molecule has 1 aliphatic heterocycles. The van der Waals surface area contributed by atoms with E-state index in [9.17, 15) is 20.1 Å². The number of benzene rings is 2. The molecule has 10 heteroatoms. The molecule has 1 heterocycles. The zero-order chi connectivity index (χ0) is 25.7. The molecule has 0 bridgehead atoms. The number of rotatable bonds is 3. The van der Waals surface area contributed by atoms with Gasteiger partial charge in [0.15, 0.2) is 0 Å². The van der Waals surface area contributed by atoms with Crippen LogP contribution in [0.15, 0.2) is 57.3 Å². The predicted octanol–water partition coefficient (Wildman–Crippen LogP) is 7.15. The average Bonchev–Trinajstić information content (AvgIpc) is 3.57. The number of halogens is 3. The molecule has 2 aromatic carbocycles. The molecule has 0 N–H and O–H groups in total. The quantitative estimate of drug-likeness (QED) is 0.317. The second kappa shape index (κ2) is 13.9. The molecule has 2 aliphatic rings. The molecule has 0 aromatic heterocycles. The van der Waals surface area contributed by atoms with Crippen LogP contribution in [-0.2, 0) is 20.8 Å². The van der Waals surface area contributed by atoms with Crippen molar-refractivity contribution in [3.8, 4) is 24.7 Å². The summed E-state index contributed by atoms with van der Waals surface area (Å²) in [6.45, 7) is 1.00. The van der Waals surface area contributed by atoms with Crippen LogP contribution in [0.3, 0.4) is 0 Å². The summed E-state index contributed by atoms with van der Waals surface area (Å²) >= 11 is 0. The van der Waals surface area contributed by atoms with Crippen molar-refractivity contribution < 1.29 is 20.1 Å². The Labute approximate surface area is 207 Å². The molecule has 5 nitrogen and oxygen atoms in total. The molecule has 1 unspecified atom stereocenters. The molecule has 0 spiro atoms. The van der Waals surface area contributed by atoms with Gasteiger partial charge in [0, 0.05) is 24.2 Å². The fourth-order valence-electron chi connectivity index (χ4n) is 3.34. The molecule has 4 rings (SSSR count). The molecule has 0 amide bonds. The summed E-state index contributed by atoms with van der Waals surface area (Å²) in [4.78, 5) is 0. The van der Waals surface area contributed by atoms with E-state index in [1.807, 2.05) is 0 Å². The zero-order valence-corrected chi connectivity index (χ0v) is 20.9. The number of hydrogen-bond donors (Lipinski definition) is 0. The average molecular weight is 524 g/mol. The fourth-order valence-corrected chi connectivity index (χ4v) is 4.92. The van der Waals surface area contributed by atoms with E-state index >= 15 is 0 Å². The van der Waals surface area contributed by atoms with Crippen LogP contribution in [0.1, 0.15) is 56.1 Å². The van der Waals surface area contributed by atoms with Crippen LogP contribution in [0, 0.1) is 24.7 Å². The SMILES string of the molecule is C#Cc1ccc(N=S(=O)(F)F)cc1.C#Cc1ccc(N=S(=O)(F)N2CCCC2)cc1.C1CCCC1. The maximum atomic E-state index is 13.9. The first-order chi connectivity index (χ1) is 16.6. The van der Waals surface area contributed by atoms with E-state index in [2.05, 4.69) is 20.6 Å². The molecule has 35 heavy (non-hydrogen) atoms. The van der Waals surface area contributed by atoms with Crippen molar-refractivity contribution in [3.63, 3.8) is 0 Å². The largest absolute Gasteiger partial charge is 0.371 e. The van der Waals surface area contributed by atoms with Gasteiger partial charge in [-0.3, -0.25) is 0 Å². The lowest BCUT2D eigenvalue weighted by Crippen LogP contribution is -2.23. The lowest BCUT2D eigenvalue weighted by Gasteiger charge is -2.12. The monoisotopic (exact) mass is 523 g/mol. The minimum Gasteiger partial charge on any atom is -0.199 e. The number of hydrogen-bond acceptors (Lipinski definition) is 4. The highest BCUT2D eigenvalue weighted by Crippen LogP contribution is 2.22. The Kier molecular flexibility index (Phi) is 11.3. The first kappa shape index (κ1) is 28.4. The molecule has 1 aliphatic carbocycles. The third-order valence-electron chi connectivity index (χ3n) is 5.13. The van der Waals surface area contributed by atoms with Crippen molar-refractivity contribution >= 4 is 32.2 Å². The summed E-state index contributed by atoms with van der Waals surface area (Å²) in [5, 5.41) is 0. The molecule has 2 fully saturated rings. The van der Waals surface area contributed by atoms with Gasteiger partial charge in [0.05, 0.1) is 11.4 Å². The van der Waals surface area contributed by atoms with Crippen LogP contribution in [0.4, 0.5) is 23.0 Å². The van der Waals surface area contributed by atoms with Gasteiger partial charge in [-0.2, -0.15) is 17.1 Å². The van der Waals surface area contributed by atoms with E-state index in [0.717, 1.165) is 12.8 Å². The van der Waals surface area contributed by atoms with Crippen LogP contribution in [0.5, 0.6) is 0 Å². The van der Waals surface area contributed by atoms with Crippen LogP contribution < -0.4 is 0 Å². The van der Waals surface area contributed by atoms with Gasteiger partial charge in [-0.15, -0.1) is 21.1 Å². The Bertz CT molecular complexity index is 1260. The molecular weight excluding hydrogens is 495 g/mol. The van der Waals surface area contributed by atoms with E-state index in [1.165, 1.54) is 60.7 Å². The summed E-state index contributed by atoms with van der Waals surface area (Å²) < 4.78 is 67.1. The van der Waals surface area contributed by atoms with Crippen LogP contribution >= 0.6 is 0 Å². The smallest absolute Gasteiger partial charge is 0.199 e. The highest BCUT2D eigenvalue weighted by Gasteiger charge is 2.23. The topological polar surface area (TPSA) is 62.1 Å². The van der Waals surface area contributed by atoms with Gasteiger partial charge in [-0.1, -0.05) is 51.7 Å². The summed E-state index contributed by atoms with van der Waals surface area (Å²) in [5.74, 6) is 4.77.